The van der Waals surface area contributed by atoms with E-state index in [0.717, 1.165) is 18.9 Å². The number of carboxylic acids is 1. The highest BCUT2D eigenvalue weighted by Crippen LogP contribution is 2.28. The van der Waals surface area contributed by atoms with Gasteiger partial charge in [0.05, 0.1) is 23.6 Å². The Kier molecular flexibility index (Phi) is 5.75. The molecule has 1 amide bonds. The number of carboxylic acid groups (broad SMARTS) is 1. The molecule has 1 aliphatic heterocycles. The van der Waals surface area contributed by atoms with E-state index in [4.69, 9.17) is 19.0 Å². The molecule has 3 rings (SSSR count). The van der Waals surface area contributed by atoms with Crippen LogP contribution in [0.4, 0.5) is 10.1 Å². The van der Waals surface area contributed by atoms with Crippen molar-refractivity contribution in [2.75, 3.05) is 18.5 Å². The van der Waals surface area contributed by atoms with Crippen LogP contribution in [0.3, 0.4) is 0 Å². The van der Waals surface area contributed by atoms with Crippen molar-refractivity contribution in [3.05, 3.63) is 47.2 Å². The predicted molar refractivity (Wildman–Crippen MR) is 93.6 cm³/mol. The van der Waals surface area contributed by atoms with E-state index in [2.05, 4.69) is 5.32 Å². The molecule has 2 aromatic rings. The van der Waals surface area contributed by atoms with Crippen LogP contribution in [0, 0.1) is 12.7 Å². The van der Waals surface area contributed by atoms with E-state index in [1.165, 1.54) is 18.4 Å². The van der Waals surface area contributed by atoms with Gasteiger partial charge in [-0.05, 0) is 31.9 Å². The molecule has 0 saturated carbocycles. The number of carbonyl (C=O) groups excluding carboxylic acids is 1. The quantitative estimate of drug-likeness (QED) is 0.769. The number of benzene rings is 1. The fourth-order valence-electron chi connectivity index (χ4n) is 2.94. The Hall–Kier alpha value is -2.87. The van der Waals surface area contributed by atoms with Crippen LogP contribution in [0.1, 0.15) is 34.5 Å². The summed E-state index contributed by atoms with van der Waals surface area (Å²) in [4.78, 5) is 23.6. The fourth-order valence-corrected chi connectivity index (χ4v) is 2.94. The summed E-state index contributed by atoms with van der Waals surface area (Å²) in [5, 5.41) is 11.5. The minimum atomic E-state index is -1.12. The minimum absolute atomic E-state index is 0.0307. The molecule has 1 unspecified atom stereocenters. The Morgan fingerprint density at radius 2 is 2.22 bits per heavy atom. The smallest absolute Gasteiger partial charge is 0.311 e. The lowest BCUT2D eigenvalue weighted by molar-refractivity contribution is -0.136. The number of hydrogen-bond donors (Lipinski definition) is 2. The number of furan rings is 1. The Balaban J connectivity index is 1.78. The topological polar surface area (TPSA) is 98.0 Å². The number of ether oxygens (including phenoxy) is 2. The number of halogens is 1. The van der Waals surface area contributed by atoms with Crippen molar-refractivity contribution < 1.29 is 33.0 Å². The first-order chi connectivity index (χ1) is 12.9. The molecule has 0 bridgehead atoms. The van der Waals surface area contributed by atoms with Gasteiger partial charge in [0.15, 0.2) is 0 Å². The molecule has 144 valence electrons. The summed E-state index contributed by atoms with van der Waals surface area (Å²) in [6.07, 6.45) is 2.70. The molecule has 1 aromatic carbocycles. The number of nitrogens with one attached hydrogen (secondary N) is 1. The normalized spacial score (nSPS) is 16.3. The zero-order valence-corrected chi connectivity index (χ0v) is 14.8. The van der Waals surface area contributed by atoms with Gasteiger partial charge in [-0.1, -0.05) is 0 Å². The molecule has 27 heavy (non-hydrogen) atoms. The monoisotopic (exact) mass is 377 g/mol. The third-order valence-corrected chi connectivity index (χ3v) is 4.23. The molecule has 7 nitrogen and oxygen atoms in total. The maximum Gasteiger partial charge on any atom is 0.311 e. The van der Waals surface area contributed by atoms with Gasteiger partial charge in [-0.25, -0.2) is 4.39 Å². The van der Waals surface area contributed by atoms with E-state index in [1.54, 1.807) is 6.92 Å². The standard InChI is InChI=1S/C19H20FNO6/c1-11-9-26-16(8-17(22)23)18(11)19(24)21-14-7-12(20)4-5-15(14)27-10-13-3-2-6-25-13/h4-5,7,9,13H,2-3,6,8,10H2,1H3,(H,21,24)(H,22,23). The van der Waals surface area contributed by atoms with Gasteiger partial charge in [0, 0.05) is 18.2 Å². The Morgan fingerprint density at radius 3 is 2.93 bits per heavy atom. The van der Waals surface area contributed by atoms with E-state index in [9.17, 15) is 14.0 Å². The van der Waals surface area contributed by atoms with Gasteiger partial charge in [-0.2, -0.15) is 0 Å². The summed E-state index contributed by atoms with van der Waals surface area (Å²) in [7, 11) is 0. The summed E-state index contributed by atoms with van der Waals surface area (Å²) in [5.74, 6) is -1.91. The summed E-state index contributed by atoms with van der Waals surface area (Å²) in [5.41, 5.74) is 0.758. The van der Waals surface area contributed by atoms with Gasteiger partial charge >= 0.3 is 5.97 Å². The largest absolute Gasteiger partial charge is 0.489 e. The summed E-state index contributed by atoms with van der Waals surface area (Å²) >= 11 is 0. The van der Waals surface area contributed by atoms with Crippen LogP contribution in [0.25, 0.3) is 0 Å². The van der Waals surface area contributed by atoms with Crippen LogP contribution >= 0.6 is 0 Å². The lowest BCUT2D eigenvalue weighted by atomic mass is 10.1. The third kappa shape index (κ3) is 4.65. The van der Waals surface area contributed by atoms with E-state index >= 15 is 0 Å². The highest BCUT2D eigenvalue weighted by Gasteiger charge is 2.22. The van der Waals surface area contributed by atoms with Gasteiger partial charge < -0.3 is 24.3 Å². The number of carbonyl (C=O) groups is 2. The van der Waals surface area contributed by atoms with Crippen LogP contribution in [-0.4, -0.2) is 36.3 Å². The zero-order chi connectivity index (χ0) is 19.4. The molecule has 1 aromatic heterocycles. The highest BCUT2D eigenvalue weighted by atomic mass is 19.1. The molecule has 0 radical (unpaired) electrons. The first kappa shape index (κ1) is 18.9. The summed E-state index contributed by atoms with van der Waals surface area (Å²) in [6, 6.07) is 3.81. The molecular weight excluding hydrogens is 357 g/mol. The lowest BCUT2D eigenvalue weighted by Gasteiger charge is -2.15. The van der Waals surface area contributed by atoms with E-state index in [-0.39, 0.29) is 23.1 Å². The summed E-state index contributed by atoms with van der Waals surface area (Å²) in [6.45, 7) is 2.61. The maximum absolute atomic E-state index is 13.7. The van der Waals surface area contributed by atoms with Crippen LogP contribution < -0.4 is 10.1 Å². The molecule has 0 spiro atoms. The van der Waals surface area contributed by atoms with Gasteiger partial charge in [0.1, 0.15) is 30.4 Å². The van der Waals surface area contributed by atoms with Crippen LogP contribution in [0.2, 0.25) is 0 Å². The molecule has 1 aliphatic rings. The second-order valence-corrected chi connectivity index (χ2v) is 6.33. The third-order valence-electron chi connectivity index (χ3n) is 4.23. The number of hydrogen-bond acceptors (Lipinski definition) is 5. The average molecular weight is 377 g/mol. The first-order valence-electron chi connectivity index (χ1n) is 8.58. The molecule has 0 aliphatic carbocycles. The van der Waals surface area contributed by atoms with Crippen LogP contribution in [0.5, 0.6) is 5.75 Å². The molecule has 1 saturated heterocycles. The number of anilines is 1. The molecule has 1 atom stereocenters. The molecule has 2 N–H and O–H groups in total. The molecular formula is C19H20FNO6. The van der Waals surface area contributed by atoms with Crippen molar-refractivity contribution in [1.82, 2.24) is 0 Å². The van der Waals surface area contributed by atoms with Gasteiger partial charge in [-0.3, -0.25) is 9.59 Å². The Bertz CT molecular complexity index is 841. The maximum atomic E-state index is 13.7. The average Bonchev–Trinajstić information content (AvgIpc) is 3.23. The van der Waals surface area contributed by atoms with Crippen LogP contribution in [0.15, 0.2) is 28.9 Å². The second-order valence-electron chi connectivity index (χ2n) is 6.33. The van der Waals surface area contributed by atoms with Crippen molar-refractivity contribution in [3.8, 4) is 5.75 Å². The second kappa shape index (κ2) is 8.22. The van der Waals surface area contributed by atoms with Crippen LogP contribution in [-0.2, 0) is 16.0 Å². The Labute approximate surface area is 155 Å². The molecule has 1 fully saturated rings. The lowest BCUT2D eigenvalue weighted by Crippen LogP contribution is -2.19. The van der Waals surface area contributed by atoms with Crippen molar-refractivity contribution in [2.45, 2.75) is 32.3 Å². The Morgan fingerprint density at radius 1 is 1.41 bits per heavy atom. The first-order valence-corrected chi connectivity index (χ1v) is 8.58. The number of amides is 1. The van der Waals surface area contributed by atoms with Gasteiger partial charge in [0.25, 0.3) is 5.91 Å². The predicted octanol–water partition coefficient (Wildman–Crippen LogP) is 3.16. The van der Waals surface area contributed by atoms with Crippen molar-refractivity contribution in [1.29, 1.82) is 0 Å². The summed E-state index contributed by atoms with van der Waals surface area (Å²) < 4.78 is 30.0. The minimum Gasteiger partial charge on any atom is -0.489 e. The fraction of sp³-hybridized carbons (Fsp3) is 0.368. The number of rotatable bonds is 7. The van der Waals surface area contributed by atoms with Crippen molar-refractivity contribution in [3.63, 3.8) is 0 Å². The zero-order valence-electron chi connectivity index (χ0n) is 14.8. The van der Waals surface area contributed by atoms with Gasteiger partial charge in [0.2, 0.25) is 0 Å². The molecule has 8 heteroatoms. The van der Waals surface area contributed by atoms with Crippen molar-refractivity contribution in [2.24, 2.45) is 0 Å². The van der Waals surface area contributed by atoms with Gasteiger partial charge in [-0.15, -0.1) is 0 Å². The highest BCUT2D eigenvalue weighted by molar-refractivity contribution is 6.07. The number of aryl methyl sites for hydroxylation is 1. The van der Waals surface area contributed by atoms with Crippen molar-refractivity contribution >= 4 is 17.6 Å². The SMILES string of the molecule is Cc1coc(CC(=O)O)c1C(=O)Nc1cc(F)ccc1OCC1CCCO1. The molecule has 2 heterocycles. The van der Waals surface area contributed by atoms with E-state index in [0.29, 0.717) is 24.5 Å². The van der Waals surface area contributed by atoms with E-state index < -0.39 is 24.1 Å². The number of aliphatic carboxylic acids is 1. The van der Waals surface area contributed by atoms with E-state index in [1.807, 2.05) is 0 Å².